The normalized spacial score (nSPS) is 37.1. The molecule has 3 atom stereocenters. The second-order valence-electron chi connectivity index (χ2n) is 5.53. The van der Waals surface area contributed by atoms with Gasteiger partial charge in [0.1, 0.15) is 0 Å². The largest absolute Gasteiger partial charge is 0.330 e. The third-order valence-corrected chi connectivity index (χ3v) is 5.90. The van der Waals surface area contributed by atoms with E-state index in [1.54, 1.807) is 11.3 Å². The Bertz CT molecular complexity index is 389. The maximum Gasteiger partial charge on any atom is 0.0931 e. The first-order valence-corrected chi connectivity index (χ1v) is 7.35. The van der Waals surface area contributed by atoms with Crippen molar-refractivity contribution >= 4 is 22.9 Å². The zero-order chi connectivity index (χ0) is 11.2. The fraction of sp³-hybridized carbons (Fsp3) is 0.692. The molecule has 0 radical (unpaired) electrons. The van der Waals surface area contributed by atoms with Gasteiger partial charge in [0, 0.05) is 4.88 Å². The lowest BCUT2D eigenvalue weighted by Crippen LogP contribution is -2.37. The second-order valence-corrected chi connectivity index (χ2v) is 7.33. The number of halogens is 1. The summed E-state index contributed by atoms with van der Waals surface area (Å²) in [5.74, 6) is 1.84. The fourth-order valence-electron chi connectivity index (χ4n) is 3.89. The number of rotatable bonds is 3. The molecule has 0 saturated heterocycles. The van der Waals surface area contributed by atoms with Crippen LogP contribution in [-0.4, -0.2) is 6.54 Å². The predicted molar refractivity (Wildman–Crippen MR) is 70.0 cm³/mol. The molecule has 0 aliphatic heterocycles. The summed E-state index contributed by atoms with van der Waals surface area (Å²) >= 11 is 7.73. The second kappa shape index (κ2) is 4.01. The Morgan fingerprint density at radius 3 is 2.81 bits per heavy atom. The number of thiophene rings is 1. The van der Waals surface area contributed by atoms with Crippen LogP contribution < -0.4 is 5.73 Å². The van der Waals surface area contributed by atoms with Gasteiger partial charge in [-0.05, 0) is 61.6 Å². The number of hydrogen-bond donors (Lipinski definition) is 1. The van der Waals surface area contributed by atoms with Crippen LogP contribution in [0.25, 0.3) is 0 Å². The molecule has 2 aliphatic carbocycles. The van der Waals surface area contributed by atoms with Crippen LogP contribution in [0.2, 0.25) is 4.34 Å². The van der Waals surface area contributed by atoms with E-state index in [0.29, 0.717) is 5.41 Å². The van der Waals surface area contributed by atoms with Crippen LogP contribution in [0.5, 0.6) is 0 Å². The summed E-state index contributed by atoms with van der Waals surface area (Å²) < 4.78 is 0.908. The number of nitrogens with two attached hydrogens (primary N) is 1. The van der Waals surface area contributed by atoms with Gasteiger partial charge >= 0.3 is 0 Å². The average molecular weight is 256 g/mol. The summed E-state index contributed by atoms with van der Waals surface area (Å²) in [6.45, 7) is 0.851. The van der Waals surface area contributed by atoms with Crippen molar-refractivity contribution in [2.24, 2.45) is 23.0 Å². The summed E-state index contributed by atoms with van der Waals surface area (Å²) in [6.07, 6.45) is 6.78. The number of fused-ring (bicyclic) bond motifs is 2. The van der Waals surface area contributed by atoms with Crippen LogP contribution in [0.4, 0.5) is 0 Å². The molecule has 0 amide bonds. The first kappa shape index (κ1) is 11.1. The molecule has 1 heterocycles. The lowest BCUT2D eigenvalue weighted by molar-refractivity contribution is 0.173. The molecule has 0 spiro atoms. The maximum absolute atomic E-state index is 6.08. The van der Waals surface area contributed by atoms with Crippen LogP contribution in [0, 0.1) is 17.3 Å². The molecule has 2 aliphatic rings. The summed E-state index contributed by atoms with van der Waals surface area (Å²) in [5.41, 5.74) is 6.48. The van der Waals surface area contributed by atoms with Crippen molar-refractivity contribution in [3.63, 3.8) is 0 Å². The van der Waals surface area contributed by atoms with Gasteiger partial charge in [0.05, 0.1) is 4.34 Å². The maximum atomic E-state index is 6.08. The van der Waals surface area contributed by atoms with Gasteiger partial charge in [0.25, 0.3) is 0 Å². The van der Waals surface area contributed by atoms with Crippen molar-refractivity contribution in [1.29, 1.82) is 0 Å². The molecule has 2 N–H and O–H groups in total. The highest BCUT2D eigenvalue weighted by Gasteiger charge is 2.49. The predicted octanol–water partition coefficient (Wildman–Crippen LogP) is 3.71. The third-order valence-electron chi connectivity index (χ3n) is 4.66. The minimum absolute atomic E-state index is 0.400. The molecule has 2 fully saturated rings. The van der Waals surface area contributed by atoms with Gasteiger partial charge in [-0.25, -0.2) is 0 Å². The van der Waals surface area contributed by atoms with Gasteiger partial charge in [-0.1, -0.05) is 18.0 Å². The summed E-state index contributed by atoms with van der Waals surface area (Å²) in [5, 5.41) is 0. The highest BCUT2D eigenvalue weighted by molar-refractivity contribution is 7.16. The molecule has 1 aromatic heterocycles. The Morgan fingerprint density at radius 2 is 2.31 bits per heavy atom. The van der Waals surface area contributed by atoms with E-state index in [1.807, 2.05) is 6.07 Å². The molecule has 3 heteroatoms. The molecular weight excluding hydrogens is 238 g/mol. The molecular formula is C13H18ClNS. The Morgan fingerprint density at radius 1 is 1.44 bits per heavy atom. The van der Waals surface area contributed by atoms with E-state index in [4.69, 9.17) is 17.3 Å². The molecule has 2 saturated carbocycles. The van der Waals surface area contributed by atoms with E-state index < -0.39 is 0 Å². The van der Waals surface area contributed by atoms with Crippen LogP contribution in [0.3, 0.4) is 0 Å². The van der Waals surface area contributed by atoms with Crippen molar-refractivity contribution in [2.45, 2.75) is 32.1 Å². The van der Waals surface area contributed by atoms with E-state index in [2.05, 4.69) is 6.07 Å². The van der Waals surface area contributed by atoms with Gasteiger partial charge in [-0.3, -0.25) is 0 Å². The van der Waals surface area contributed by atoms with E-state index in [1.165, 1.54) is 30.6 Å². The standard InChI is InChI=1S/C13H18ClNS/c14-12-4-3-11(16-12)7-13(8-15)6-9-1-2-10(13)5-9/h3-4,9-10H,1-2,5-8,15H2. The summed E-state index contributed by atoms with van der Waals surface area (Å²) in [6, 6.07) is 4.19. The SMILES string of the molecule is NCC1(Cc2ccc(Cl)s2)CC2CCC1C2. The van der Waals surface area contributed by atoms with Crippen molar-refractivity contribution in [2.75, 3.05) is 6.54 Å². The first-order chi connectivity index (χ1) is 7.72. The van der Waals surface area contributed by atoms with Crippen LogP contribution in [0.1, 0.15) is 30.6 Å². The van der Waals surface area contributed by atoms with Crippen molar-refractivity contribution in [1.82, 2.24) is 0 Å². The lowest BCUT2D eigenvalue weighted by Gasteiger charge is -2.36. The van der Waals surface area contributed by atoms with Crippen molar-refractivity contribution in [3.05, 3.63) is 21.3 Å². The Labute approximate surface area is 106 Å². The highest BCUT2D eigenvalue weighted by atomic mass is 35.5. The lowest BCUT2D eigenvalue weighted by atomic mass is 9.70. The average Bonchev–Trinajstić information content (AvgIpc) is 2.94. The first-order valence-electron chi connectivity index (χ1n) is 6.16. The topological polar surface area (TPSA) is 26.0 Å². The summed E-state index contributed by atoms with van der Waals surface area (Å²) in [4.78, 5) is 1.42. The van der Waals surface area contributed by atoms with Crippen LogP contribution in [-0.2, 0) is 6.42 Å². The smallest absolute Gasteiger partial charge is 0.0931 e. The van der Waals surface area contributed by atoms with Gasteiger partial charge in [0.15, 0.2) is 0 Å². The van der Waals surface area contributed by atoms with Gasteiger partial charge in [-0.15, -0.1) is 11.3 Å². The Balaban J connectivity index is 1.81. The van der Waals surface area contributed by atoms with E-state index >= 15 is 0 Å². The quantitative estimate of drug-likeness (QED) is 0.876. The zero-order valence-electron chi connectivity index (χ0n) is 9.42. The molecule has 0 aromatic carbocycles. The fourth-order valence-corrected chi connectivity index (χ4v) is 5.13. The molecule has 1 nitrogen and oxygen atoms in total. The zero-order valence-corrected chi connectivity index (χ0v) is 11.0. The molecule has 3 unspecified atom stereocenters. The van der Waals surface area contributed by atoms with Crippen molar-refractivity contribution < 1.29 is 0 Å². The molecule has 3 rings (SSSR count). The minimum Gasteiger partial charge on any atom is -0.330 e. The number of hydrogen-bond acceptors (Lipinski definition) is 2. The Kier molecular flexibility index (Phi) is 2.77. The molecule has 2 bridgehead atoms. The van der Waals surface area contributed by atoms with E-state index in [9.17, 15) is 0 Å². The highest BCUT2D eigenvalue weighted by Crippen LogP contribution is 2.57. The van der Waals surface area contributed by atoms with E-state index in [-0.39, 0.29) is 0 Å². The van der Waals surface area contributed by atoms with Crippen LogP contribution in [0.15, 0.2) is 12.1 Å². The van der Waals surface area contributed by atoms with Gasteiger partial charge in [0.2, 0.25) is 0 Å². The molecule has 16 heavy (non-hydrogen) atoms. The van der Waals surface area contributed by atoms with Crippen molar-refractivity contribution in [3.8, 4) is 0 Å². The van der Waals surface area contributed by atoms with Gasteiger partial charge in [-0.2, -0.15) is 0 Å². The Hall–Kier alpha value is -0.0500. The van der Waals surface area contributed by atoms with E-state index in [0.717, 1.165) is 29.1 Å². The third kappa shape index (κ3) is 1.71. The van der Waals surface area contributed by atoms with Gasteiger partial charge < -0.3 is 5.73 Å². The minimum atomic E-state index is 0.400. The monoisotopic (exact) mass is 255 g/mol. The molecule has 88 valence electrons. The molecule has 1 aromatic rings. The van der Waals surface area contributed by atoms with Crippen LogP contribution >= 0.6 is 22.9 Å². The summed E-state index contributed by atoms with van der Waals surface area (Å²) in [7, 11) is 0.